The Labute approximate surface area is 181 Å². The van der Waals surface area contributed by atoms with Gasteiger partial charge < -0.3 is 18.9 Å². The molecule has 2 aromatic carbocycles. The second kappa shape index (κ2) is 9.25. The number of hydrogen-bond acceptors (Lipinski definition) is 6. The van der Waals surface area contributed by atoms with Gasteiger partial charge in [-0.1, -0.05) is 25.3 Å². The van der Waals surface area contributed by atoms with Gasteiger partial charge in [0.25, 0.3) is 0 Å². The van der Waals surface area contributed by atoms with Crippen LogP contribution in [0.5, 0.6) is 17.2 Å². The Bertz CT molecular complexity index is 999. The number of ketones is 1. The third-order valence-corrected chi connectivity index (χ3v) is 5.93. The van der Waals surface area contributed by atoms with E-state index in [1.54, 1.807) is 49.6 Å². The maximum atomic E-state index is 13.8. The molecule has 0 bridgehead atoms. The average molecular weight is 422 g/mol. The van der Waals surface area contributed by atoms with Crippen molar-refractivity contribution in [1.29, 1.82) is 0 Å². The highest BCUT2D eigenvalue weighted by Crippen LogP contribution is 2.40. The number of ether oxygens (including phenoxy) is 4. The number of rotatable bonds is 6. The van der Waals surface area contributed by atoms with Crippen LogP contribution in [-0.2, 0) is 9.53 Å². The van der Waals surface area contributed by atoms with E-state index in [-0.39, 0.29) is 18.5 Å². The zero-order chi connectivity index (χ0) is 21.8. The molecule has 1 saturated carbocycles. The summed E-state index contributed by atoms with van der Waals surface area (Å²) in [5.41, 5.74) is 1.92. The Balaban J connectivity index is 1.87. The number of carbonyl (C=O) groups is 2. The zero-order valence-corrected chi connectivity index (χ0v) is 17.8. The summed E-state index contributed by atoms with van der Waals surface area (Å²) in [5.74, 6) is 1.15. The number of fused-ring (bicyclic) bond motifs is 1. The van der Waals surface area contributed by atoms with Crippen LogP contribution in [-0.4, -0.2) is 32.8 Å². The Morgan fingerprint density at radius 2 is 1.55 bits per heavy atom. The van der Waals surface area contributed by atoms with Crippen LogP contribution in [0.3, 0.4) is 0 Å². The molecule has 1 aliphatic heterocycles. The second-order valence-corrected chi connectivity index (χ2v) is 7.74. The van der Waals surface area contributed by atoms with E-state index in [1.165, 1.54) is 7.11 Å². The fraction of sp³-hybridized carbons (Fsp3) is 0.360. The molecule has 1 aliphatic carbocycles. The minimum atomic E-state index is -0.527. The lowest BCUT2D eigenvalue weighted by Gasteiger charge is -2.26. The second-order valence-electron chi connectivity index (χ2n) is 7.74. The molecule has 0 saturated heterocycles. The summed E-state index contributed by atoms with van der Waals surface area (Å²) in [5, 5.41) is 0. The number of benzene rings is 2. The molecule has 2 aliphatic rings. The Morgan fingerprint density at radius 1 is 0.871 bits per heavy atom. The molecule has 0 amide bonds. The van der Waals surface area contributed by atoms with Crippen LogP contribution < -0.4 is 14.2 Å². The van der Waals surface area contributed by atoms with Crippen LogP contribution in [0.4, 0.5) is 0 Å². The molecule has 0 unspecified atom stereocenters. The Kier molecular flexibility index (Phi) is 6.26. The van der Waals surface area contributed by atoms with Crippen LogP contribution in [0.25, 0.3) is 5.57 Å². The van der Waals surface area contributed by atoms with Crippen molar-refractivity contribution in [2.45, 2.75) is 32.1 Å². The Morgan fingerprint density at radius 3 is 2.23 bits per heavy atom. The fourth-order valence-electron chi connectivity index (χ4n) is 4.33. The molecule has 162 valence electrons. The minimum absolute atomic E-state index is 0.0112. The molecular weight excluding hydrogens is 396 g/mol. The number of carbonyl (C=O) groups excluding carboxylic acids is 2. The van der Waals surface area contributed by atoms with Gasteiger partial charge in [0.15, 0.2) is 17.3 Å². The van der Waals surface area contributed by atoms with E-state index < -0.39 is 5.97 Å². The van der Waals surface area contributed by atoms with E-state index in [9.17, 15) is 9.59 Å². The predicted molar refractivity (Wildman–Crippen MR) is 115 cm³/mol. The van der Waals surface area contributed by atoms with Gasteiger partial charge in [0, 0.05) is 11.1 Å². The van der Waals surface area contributed by atoms with Crippen LogP contribution in [0.1, 0.15) is 48.0 Å². The third-order valence-electron chi connectivity index (χ3n) is 5.93. The molecule has 6 heteroatoms. The molecular formula is C25H26O6. The van der Waals surface area contributed by atoms with Gasteiger partial charge in [-0.2, -0.15) is 0 Å². The van der Waals surface area contributed by atoms with Crippen LogP contribution in [0, 0.1) is 5.92 Å². The van der Waals surface area contributed by atoms with Crippen molar-refractivity contribution in [3.05, 3.63) is 59.2 Å². The maximum absolute atomic E-state index is 13.8. The van der Waals surface area contributed by atoms with Gasteiger partial charge in [-0.05, 0) is 60.7 Å². The number of hydrogen-bond donors (Lipinski definition) is 0. The van der Waals surface area contributed by atoms with Crippen molar-refractivity contribution in [2.24, 2.45) is 5.92 Å². The summed E-state index contributed by atoms with van der Waals surface area (Å²) in [6.07, 6.45) is 4.92. The summed E-state index contributed by atoms with van der Waals surface area (Å²) >= 11 is 0. The smallest absolute Gasteiger partial charge is 0.338 e. The molecule has 6 nitrogen and oxygen atoms in total. The van der Waals surface area contributed by atoms with Crippen molar-refractivity contribution < 1.29 is 28.5 Å². The summed E-state index contributed by atoms with van der Waals surface area (Å²) in [4.78, 5) is 26.8. The molecule has 1 fully saturated rings. The quantitative estimate of drug-likeness (QED) is 0.378. The predicted octanol–water partition coefficient (Wildman–Crippen LogP) is 4.81. The first-order valence-corrected chi connectivity index (χ1v) is 10.5. The standard InChI is InChI=1S/C25H26O6/c1-28-19-11-8-17(9-12-19)24(26)22(16-6-4-3-5-7-16)23(25(27)29-2)18-10-13-20-21(14-18)31-15-30-20/h8-14,16H,3-7,15H2,1-2H3. The molecule has 2 aromatic rings. The summed E-state index contributed by atoms with van der Waals surface area (Å²) in [6, 6.07) is 12.3. The average Bonchev–Trinajstić information content (AvgIpc) is 3.30. The molecule has 0 N–H and O–H groups in total. The van der Waals surface area contributed by atoms with Crippen LogP contribution in [0.2, 0.25) is 0 Å². The van der Waals surface area contributed by atoms with E-state index in [4.69, 9.17) is 18.9 Å². The highest BCUT2D eigenvalue weighted by atomic mass is 16.7. The lowest BCUT2D eigenvalue weighted by Crippen LogP contribution is -2.21. The third kappa shape index (κ3) is 4.29. The molecule has 1 heterocycles. The normalized spacial score (nSPS) is 16.5. The van der Waals surface area contributed by atoms with E-state index in [0.29, 0.717) is 39.5 Å². The van der Waals surface area contributed by atoms with Crippen molar-refractivity contribution in [1.82, 2.24) is 0 Å². The van der Waals surface area contributed by atoms with E-state index in [1.807, 2.05) is 0 Å². The van der Waals surface area contributed by atoms with E-state index in [0.717, 1.165) is 32.1 Å². The maximum Gasteiger partial charge on any atom is 0.338 e. The fourth-order valence-corrected chi connectivity index (χ4v) is 4.33. The van der Waals surface area contributed by atoms with Crippen LogP contribution >= 0.6 is 0 Å². The van der Waals surface area contributed by atoms with E-state index >= 15 is 0 Å². The molecule has 0 radical (unpaired) electrons. The van der Waals surface area contributed by atoms with E-state index in [2.05, 4.69) is 0 Å². The summed E-state index contributed by atoms with van der Waals surface area (Å²) in [6.45, 7) is 0.135. The first-order chi connectivity index (χ1) is 15.1. The molecule has 0 aromatic heterocycles. The van der Waals surface area contributed by atoms with Gasteiger partial charge in [0.05, 0.1) is 19.8 Å². The Hall–Kier alpha value is -3.28. The lowest BCUT2D eigenvalue weighted by molar-refractivity contribution is -0.133. The number of Topliss-reactive ketones (excluding diaryl/α,β-unsaturated/α-hetero) is 1. The van der Waals surface area contributed by atoms with Crippen molar-refractivity contribution in [2.75, 3.05) is 21.0 Å². The first-order valence-electron chi connectivity index (χ1n) is 10.5. The topological polar surface area (TPSA) is 71.1 Å². The lowest BCUT2D eigenvalue weighted by atomic mass is 9.77. The molecule has 4 rings (SSSR count). The highest BCUT2D eigenvalue weighted by Gasteiger charge is 2.32. The van der Waals surface area contributed by atoms with Gasteiger partial charge in [-0.3, -0.25) is 4.79 Å². The number of methoxy groups -OCH3 is 2. The summed E-state index contributed by atoms with van der Waals surface area (Å²) < 4.78 is 21.3. The summed E-state index contributed by atoms with van der Waals surface area (Å²) in [7, 11) is 2.92. The largest absolute Gasteiger partial charge is 0.497 e. The van der Waals surface area contributed by atoms with Crippen LogP contribution in [0.15, 0.2) is 48.0 Å². The SMILES string of the molecule is COC(=O)C(=C(C(=O)c1ccc(OC)cc1)C1CCCCC1)c1ccc2c(c1)OCO2. The van der Waals surface area contributed by atoms with Gasteiger partial charge in [-0.15, -0.1) is 0 Å². The van der Waals surface area contributed by atoms with Gasteiger partial charge in [0.1, 0.15) is 5.75 Å². The highest BCUT2D eigenvalue weighted by molar-refractivity contribution is 6.27. The van der Waals surface area contributed by atoms with Crippen molar-refractivity contribution in [3.8, 4) is 17.2 Å². The molecule has 31 heavy (non-hydrogen) atoms. The van der Waals surface area contributed by atoms with Crippen molar-refractivity contribution in [3.63, 3.8) is 0 Å². The van der Waals surface area contributed by atoms with Gasteiger partial charge >= 0.3 is 5.97 Å². The van der Waals surface area contributed by atoms with Gasteiger partial charge in [0.2, 0.25) is 6.79 Å². The van der Waals surface area contributed by atoms with Gasteiger partial charge in [-0.25, -0.2) is 4.79 Å². The monoisotopic (exact) mass is 422 g/mol. The first kappa shape index (κ1) is 21.0. The number of allylic oxidation sites excluding steroid dienone is 1. The minimum Gasteiger partial charge on any atom is -0.497 e. The zero-order valence-electron chi connectivity index (χ0n) is 17.8. The van der Waals surface area contributed by atoms with Crippen molar-refractivity contribution >= 4 is 17.3 Å². The molecule has 0 spiro atoms. The molecule has 0 atom stereocenters. The number of esters is 1.